The van der Waals surface area contributed by atoms with E-state index in [9.17, 15) is 0 Å². The maximum Gasteiger partial charge on any atom is 0.277 e. The second-order valence-corrected chi connectivity index (χ2v) is 4.48. The van der Waals surface area contributed by atoms with Crippen LogP contribution in [0.4, 0.5) is 0 Å². The van der Waals surface area contributed by atoms with Gasteiger partial charge in [0.15, 0.2) is 0 Å². The van der Waals surface area contributed by atoms with Crippen LogP contribution in [0.5, 0.6) is 0 Å². The molecule has 1 aliphatic heterocycles. The highest BCUT2D eigenvalue weighted by molar-refractivity contribution is 5.19. The van der Waals surface area contributed by atoms with Crippen LogP contribution < -0.4 is 0 Å². The molecular weight excluding hydrogens is 178 g/mol. The van der Waals surface area contributed by atoms with Gasteiger partial charge in [-0.05, 0) is 25.7 Å². The van der Waals surface area contributed by atoms with Crippen molar-refractivity contribution in [2.24, 2.45) is 20.5 Å². The maximum atomic E-state index is 9.05. The molecule has 1 heterocycles. The van der Waals surface area contributed by atoms with Gasteiger partial charge in [0.2, 0.25) is 0 Å². The van der Waals surface area contributed by atoms with E-state index in [-0.39, 0.29) is 5.54 Å². The van der Waals surface area contributed by atoms with Crippen LogP contribution in [0, 0.1) is 11.3 Å². The fourth-order valence-electron chi connectivity index (χ4n) is 1.65. The van der Waals surface area contributed by atoms with Crippen molar-refractivity contribution >= 4 is 0 Å². The van der Waals surface area contributed by atoms with Gasteiger partial charge in [-0.2, -0.15) is 15.5 Å². The molecule has 1 atom stereocenters. The Morgan fingerprint density at radius 3 is 2.57 bits per heavy atom. The average molecular weight is 189 g/mol. The Hall–Kier alpha value is -1.31. The lowest BCUT2D eigenvalue weighted by molar-refractivity contribution is 0.500. The zero-order chi connectivity index (χ0) is 9.65. The van der Waals surface area contributed by atoms with E-state index in [1.807, 2.05) is 0 Å². The van der Waals surface area contributed by atoms with Gasteiger partial charge in [-0.3, -0.25) is 0 Å². The molecule has 5 heteroatoms. The van der Waals surface area contributed by atoms with E-state index in [1.54, 1.807) is 0 Å². The highest BCUT2D eigenvalue weighted by Crippen LogP contribution is 2.52. The quantitative estimate of drug-likeness (QED) is 0.613. The minimum atomic E-state index is -0.973. The van der Waals surface area contributed by atoms with Crippen LogP contribution >= 0.6 is 0 Å². The minimum Gasteiger partial charge on any atom is -0.193 e. The summed E-state index contributed by atoms with van der Waals surface area (Å²) in [6.45, 7) is 0. The lowest BCUT2D eigenvalue weighted by atomic mass is 10.0. The Labute approximate surface area is 81.9 Å². The molecule has 0 amide bonds. The van der Waals surface area contributed by atoms with E-state index < -0.39 is 5.66 Å². The smallest absolute Gasteiger partial charge is 0.193 e. The van der Waals surface area contributed by atoms with Gasteiger partial charge in [-0.25, -0.2) is 0 Å². The maximum absolute atomic E-state index is 9.05. The normalized spacial score (nSPS) is 37.9. The Balaban J connectivity index is 1.79. The molecule has 2 fully saturated rings. The molecule has 1 unspecified atom stereocenters. The van der Waals surface area contributed by atoms with Gasteiger partial charge in [0.1, 0.15) is 6.07 Å². The summed E-state index contributed by atoms with van der Waals surface area (Å²) in [7, 11) is 0. The molecule has 5 nitrogen and oxygen atoms in total. The summed E-state index contributed by atoms with van der Waals surface area (Å²) in [5.41, 5.74) is -1.00. The monoisotopic (exact) mass is 189 g/mol. The van der Waals surface area contributed by atoms with Crippen molar-refractivity contribution in [2.75, 3.05) is 0 Å². The standard InChI is InChI=1S/C9H11N5/c10-6-9(13-11-7-1-2-7)5-8(3-4-8)12-14-9/h7H,1-5H2. The van der Waals surface area contributed by atoms with E-state index in [2.05, 4.69) is 26.5 Å². The third-order valence-electron chi connectivity index (χ3n) is 2.94. The molecule has 2 aliphatic carbocycles. The third kappa shape index (κ3) is 1.22. The molecule has 3 aliphatic rings. The number of rotatable bonds is 2. The van der Waals surface area contributed by atoms with Crippen LogP contribution in [0.2, 0.25) is 0 Å². The molecule has 0 aromatic rings. The predicted octanol–water partition coefficient (Wildman–Crippen LogP) is 2.21. The van der Waals surface area contributed by atoms with Crippen molar-refractivity contribution < 1.29 is 0 Å². The fourth-order valence-corrected chi connectivity index (χ4v) is 1.65. The number of azo groups is 2. The van der Waals surface area contributed by atoms with Gasteiger partial charge in [-0.15, -0.1) is 10.2 Å². The molecule has 0 aromatic carbocycles. The second kappa shape index (κ2) is 2.38. The molecule has 3 rings (SSSR count). The molecule has 14 heavy (non-hydrogen) atoms. The molecule has 2 saturated carbocycles. The molecular formula is C9H11N5. The second-order valence-electron chi connectivity index (χ2n) is 4.48. The SMILES string of the molecule is N#CC1(N=NC2CC2)CC2(CC2)N=N1. The number of nitriles is 1. The first-order valence-corrected chi connectivity index (χ1v) is 5.03. The van der Waals surface area contributed by atoms with E-state index >= 15 is 0 Å². The molecule has 0 aromatic heterocycles. The van der Waals surface area contributed by atoms with Crippen molar-refractivity contribution in [3.05, 3.63) is 0 Å². The minimum absolute atomic E-state index is 0.0295. The zero-order valence-corrected chi connectivity index (χ0v) is 7.85. The Morgan fingerprint density at radius 2 is 2.07 bits per heavy atom. The molecule has 1 spiro atoms. The van der Waals surface area contributed by atoms with Gasteiger partial charge in [-0.1, -0.05) is 0 Å². The lowest BCUT2D eigenvalue weighted by Gasteiger charge is -2.08. The van der Waals surface area contributed by atoms with E-state index in [4.69, 9.17) is 5.26 Å². The average Bonchev–Trinajstić information content (AvgIpc) is 3.06. The van der Waals surface area contributed by atoms with Crippen LogP contribution in [0.15, 0.2) is 20.5 Å². The highest BCUT2D eigenvalue weighted by Gasteiger charge is 2.55. The molecule has 72 valence electrons. The predicted molar refractivity (Wildman–Crippen MR) is 47.7 cm³/mol. The zero-order valence-electron chi connectivity index (χ0n) is 7.85. The Bertz CT molecular complexity index is 358. The summed E-state index contributed by atoms with van der Waals surface area (Å²) in [4.78, 5) is 0. The molecule has 0 saturated heterocycles. The first kappa shape index (κ1) is 8.04. The fraction of sp³-hybridized carbons (Fsp3) is 0.889. The summed E-state index contributed by atoms with van der Waals surface area (Å²) >= 11 is 0. The van der Waals surface area contributed by atoms with Crippen LogP contribution in [0.3, 0.4) is 0 Å². The van der Waals surface area contributed by atoms with Gasteiger partial charge in [0.05, 0.1) is 11.6 Å². The first-order chi connectivity index (χ1) is 6.76. The van der Waals surface area contributed by atoms with E-state index in [0.29, 0.717) is 12.5 Å². The summed E-state index contributed by atoms with van der Waals surface area (Å²) in [5.74, 6) is 0. The topological polar surface area (TPSA) is 73.2 Å². The number of nitrogens with zero attached hydrogens (tertiary/aromatic N) is 5. The van der Waals surface area contributed by atoms with Crippen LogP contribution in [-0.4, -0.2) is 17.2 Å². The number of hydrogen-bond acceptors (Lipinski definition) is 5. The van der Waals surface area contributed by atoms with Crippen LogP contribution in [-0.2, 0) is 0 Å². The van der Waals surface area contributed by atoms with E-state index in [0.717, 1.165) is 25.7 Å². The van der Waals surface area contributed by atoms with Gasteiger partial charge in [0.25, 0.3) is 5.66 Å². The van der Waals surface area contributed by atoms with Crippen molar-refractivity contribution in [1.29, 1.82) is 5.26 Å². The van der Waals surface area contributed by atoms with Crippen molar-refractivity contribution in [3.8, 4) is 6.07 Å². The van der Waals surface area contributed by atoms with Crippen molar-refractivity contribution in [2.45, 2.75) is 49.3 Å². The Morgan fingerprint density at radius 1 is 1.29 bits per heavy atom. The summed E-state index contributed by atoms with van der Waals surface area (Å²) < 4.78 is 0. The van der Waals surface area contributed by atoms with Gasteiger partial charge in [0, 0.05) is 6.42 Å². The van der Waals surface area contributed by atoms with Crippen molar-refractivity contribution in [3.63, 3.8) is 0 Å². The summed E-state index contributed by atoms with van der Waals surface area (Å²) in [6, 6.07) is 2.49. The highest BCUT2D eigenvalue weighted by atomic mass is 15.4. The van der Waals surface area contributed by atoms with Crippen molar-refractivity contribution in [1.82, 2.24) is 0 Å². The first-order valence-electron chi connectivity index (χ1n) is 5.03. The van der Waals surface area contributed by atoms with Gasteiger partial charge >= 0.3 is 0 Å². The summed E-state index contributed by atoms with van der Waals surface area (Å²) in [5, 5.41) is 25.4. The Kier molecular flexibility index (Phi) is 1.37. The van der Waals surface area contributed by atoms with Crippen LogP contribution in [0.1, 0.15) is 32.1 Å². The molecule has 0 bridgehead atoms. The number of hydrogen-bond donors (Lipinski definition) is 0. The molecule has 0 N–H and O–H groups in total. The lowest BCUT2D eigenvalue weighted by Crippen LogP contribution is -2.21. The van der Waals surface area contributed by atoms with E-state index in [1.165, 1.54) is 0 Å². The molecule has 0 radical (unpaired) electrons. The largest absolute Gasteiger partial charge is 0.277 e. The van der Waals surface area contributed by atoms with Crippen LogP contribution in [0.25, 0.3) is 0 Å². The summed E-state index contributed by atoms with van der Waals surface area (Å²) in [6.07, 6.45) is 4.96. The van der Waals surface area contributed by atoms with Gasteiger partial charge < -0.3 is 0 Å². The third-order valence-corrected chi connectivity index (χ3v) is 2.94.